The number of fused-ring (bicyclic) bond motifs is 1. The second-order valence-corrected chi connectivity index (χ2v) is 6.75. The highest BCUT2D eigenvalue weighted by atomic mass is 19.2. The Morgan fingerprint density at radius 1 is 1.18 bits per heavy atom. The molecule has 0 saturated heterocycles. The molecule has 0 aliphatic heterocycles. The Hall–Kier alpha value is -1.97. The summed E-state index contributed by atoms with van der Waals surface area (Å²) >= 11 is 0. The Morgan fingerprint density at radius 2 is 1.91 bits per heavy atom. The van der Waals surface area contributed by atoms with E-state index in [2.05, 4.69) is 18.8 Å². The third-order valence-electron chi connectivity index (χ3n) is 4.63. The number of aryl methyl sites for hydroxylation is 2. The van der Waals surface area contributed by atoms with Crippen molar-refractivity contribution in [1.29, 1.82) is 0 Å². The minimum absolute atomic E-state index is 0.0335. The summed E-state index contributed by atoms with van der Waals surface area (Å²) in [6.45, 7) is 5.72. The van der Waals surface area contributed by atoms with Crippen LogP contribution in [0.25, 0.3) is 0 Å². The molecule has 0 unspecified atom stereocenters. The fraction of sp³-hybridized carbons (Fsp3) is 0.389. The summed E-state index contributed by atoms with van der Waals surface area (Å²) in [7, 11) is 0. The van der Waals surface area contributed by atoms with Gasteiger partial charge in [-0.3, -0.25) is 4.79 Å². The van der Waals surface area contributed by atoms with Gasteiger partial charge in [0.25, 0.3) is 5.56 Å². The minimum Gasteiger partial charge on any atom is -0.325 e. The second-order valence-electron chi connectivity index (χ2n) is 6.75. The molecule has 0 bridgehead atoms. The first-order chi connectivity index (χ1) is 10.3. The maximum atomic E-state index is 14.0. The van der Waals surface area contributed by atoms with Crippen molar-refractivity contribution in [1.82, 2.24) is 4.98 Å². The van der Waals surface area contributed by atoms with Gasteiger partial charge in [-0.25, -0.2) is 8.78 Å². The van der Waals surface area contributed by atoms with E-state index in [-0.39, 0.29) is 28.5 Å². The highest BCUT2D eigenvalue weighted by Crippen LogP contribution is 2.36. The molecule has 22 heavy (non-hydrogen) atoms. The van der Waals surface area contributed by atoms with Crippen molar-refractivity contribution in [2.24, 2.45) is 0 Å². The fourth-order valence-corrected chi connectivity index (χ4v) is 3.15. The highest BCUT2D eigenvalue weighted by Gasteiger charge is 2.31. The summed E-state index contributed by atoms with van der Waals surface area (Å²) < 4.78 is 27.6. The Bertz CT molecular complexity index is 805. The van der Waals surface area contributed by atoms with Gasteiger partial charge in [0.1, 0.15) is 0 Å². The number of rotatable bonds is 2. The zero-order valence-corrected chi connectivity index (χ0v) is 13.0. The van der Waals surface area contributed by atoms with Gasteiger partial charge in [0.05, 0.1) is 0 Å². The van der Waals surface area contributed by atoms with Crippen molar-refractivity contribution in [3.8, 4) is 0 Å². The van der Waals surface area contributed by atoms with Crippen LogP contribution in [0.5, 0.6) is 0 Å². The van der Waals surface area contributed by atoms with E-state index < -0.39 is 11.6 Å². The van der Waals surface area contributed by atoms with Gasteiger partial charge in [-0.2, -0.15) is 0 Å². The van der Waals surface area contributed by atoms with Crippen LogP contribution in [0, 0.1) is 18.6 Å². The number of aromatic amines is 1. The van der Waals surface area contributed by atoms with Crippen LogP contribution < -0.4 is 5.56 Å². The first-order valence-electron chi connectivity index (χ1n) is 7.48. The zero-order chi connectivity index (χ0) is 16.1. The van der Waals surface area contributed by atoms with E-state index in [0.29, 0.717) is 5.56 Å². The third kappa shape index (κ3) is 2.36. The van der Waals surface area contributed by atoms with Crippen molar-refractivity contribution in [2.75, 3.05) is 0 Å². The first kappa shape index (κ1) is 14.9. The van der Waals surface area contributed by atoms with Crippen LogP contribution in [0.4, 0.5) is 8.78 Å². The largest absolute Gasteiger partial charge is 0.325 e. The number of halogens is 2. The fourth-order valence-electron chi connectivity index (χ4n) is 3.15. The van der Waals surface area contributed by atoms with Crippen molar-refractivity contribution in [3.05, 3.63) is 68.1 Å². The van der Waals surface area contributed by atoms with E-state index in [9.17, 15) is 13.6 Å². The third-order valence-corrected chi connectivity index (χ3v) is 4.63. The normalized spacial score (nSPS) is 15.9. The van der Waals surface area contributed by atoms with E-state index in [1.54, 1.807) is 12.1 Å². The summed E-state index contributed by atoms with van der Waals surface area (Å²) in [5.74, 6) is -1.70. The van der Waals surface area contributed by atoms with E-state index in [4.69, 9.17) is 0 Å². The van der Waals surface area contributed by atoms with E-state index in [1.807, 2.05) is 6.07 Å². The van der Waals surface area contributed by atoms with Crippen LogP contribution in [0.15, 0.2) is 23.0 Å². The lowest BCUT2D eigenvalue weighted by Gasteiger charge is -2.18. The smallest absolute Gasteiger partial charge is 0.251 e. The van der Waals surface area contributed by atoms with Gasteiger partial charge in [0.15, 0.2) is 11.6 Å². The van der Waals surface area contributed by atoms with Crippen molar-refractivity contribution < 1.29 is 8.78 Å². The van der Waals surface area contributed by atoms with Crippen molar-refractivity contribution >= 4 is 0 Å². The molecule has 0 atom stereocenters. The number of hydrogen-bond donors (Lipinski definition) is 1. The Morgan fingerprint density at radius 3 is 2.64 bits per heavy atom. The van der Waals surface area contributed by atoms with Gasteiger partial charge in [0, 0.05) is 23.1 Å². The molecule has 0 saturated carbocycles. The average molecular weight is 303 g/mol. The lowest BCUT2D eigenvalue weighted by atomic mass is 9.90. The standard InChI is InChI=1S/C18H19F2NO/c1-10-4-5-11(15(20)14(10)19)8-13-9-12-6-7-18(2,3)16(12)21-17(13)22/h4-5,9H,6-8H2,1-3H3,(H,21,22). The molecule has 3 rings (SSSR count). The Balaban J connectivity index is 2.02. The van der Waals surface area contributed by atoms with Gasteiger partial charge < -0.3 is 4.98 Å². The maximum Gasteiger partial charge on any atom is 0.251 e. The lowest BCUT2D eigenvalue weighted by molar-refractivity contribution is 0.495. The van der Waals surface area contributed by atoms with Crippen LogP contribution in [0.2, 0.25) is 0 Å². The predicted molar refractivity (Wildman–Crippen MR) is 82.3 cm³/mol. The summed E-state index contributed by atoms with van der Waals surface area (Å²) in [6.07, 6.45) is 1.98. The van der Waals surface area contributed by atoms with Gasteiger partial charge in [-0.1, -0.05) is 26.0 Å². The Kier molecular flexibility index (Phi) is 3.42. The summed E-state index contributed by atoms with van der Waals surface area (Å²) in [4.78, 5) is 15.2. The molecule has 4 heteroatoms. The van der Waals surface area contributed by atoms with E-state index in [1.165, 1.54) is 6.92 Å². The molecule has 1 heterocycles. The molecule has 1 aliphatic rings. The molecule has 0 spiro atoms. The van der Waals surface area contributed by atoms with E-state index in [0.717, 1.165) is 24.1 Å². The zero-order valence-electron chi connectivity index (χ0n) is 13.0. The van der Waals surface area contributed by atoms with Crippen LogP contribution >= 0.6 is 0 Å². The number of benzene rings is 1. The summed E-state index contributed by atoms with van der Waals surface area (Å²) in [6, 6.07) is 4.93. The predicted octanol–water partition coefficient (Wildman–Crippen LogP) is 3.78. The summed E-state index contributed by atoms with van der Waals surface area (Å²) in [5.41, 5.74) is 2.79. The molecular weight excluding hydrogens is 284 g/mol. The van der Waals surface area contributed by atoms with Crippen LogP contribution in [-0.2, 0) is 18.3 Å². The lowest BCUT2D eigenvalue weighted by Crippen LogP contribution is -2.22. The van der Waals surface area contributed by atoms with Gasteiger partial charge >= 0.3 is 0 Å². The molecule has 1 aromatic carbocycles. The molecule has 1 aromatic heterocycles. The summed E-state index contributed by atoms with van der Waals surface area (Å²) in [5, 5.41) is 0. The van der Waals surface area contributed by atoms with Crippen molar-refractivity contribution in [2.45, 2.75) is 45.4 Å². The van der Waals surface area contributed by atoms with Gasteiger partial charge in [0.2, 0.25) is 0 Å². The number of nitrogens with one attached hydrogen (secondary N) is 1. The quantitative estimate of drug-likeness (QED) is 0.900. The molecule has 2 aromatic rings. The molecule has 1 aliphatic carbocycles. The number of hydrogen-bond acceptors (Lipinski definition) is 1. The van der Waals surface area contributed by atoms with Crippen LogP contribution in [0.1, 0.15) is 48.2 Å². The molecule has 0 fully saturated rings. The molecular formula is C18H19F2NO. The molecule has 0 amide bonds. The highest BCUT2D eigenvalue weighted by molar-refractivity contribution is 5.37. The molecule has 116 valence electrons. The number of aromatic nitrogens is 1. The number of pyridine rings is 1. The molecule has 0 radical (unpaired) electrons. The Labute approximate surface area is 128 Å². The molecule has 1 N–H and O–H groups in total. The minimum atomic E-state index is -0.861. The monoisotopic (exact) mass is 303 g/mol. The SMILES string of the molecule is Cc1ccc(Cc2cc3c([nH]c2=O)C(C)(C)CC3)c(F)c1F. The average Bonchev–Trinajstić information content (AvgIpc) is 2.75. The first-order valence-corrected chi connectivity index (χ1v) is 7.48. The molecule has 2 nitrogen and oxygen atoms in total. The topological polar surface area (TPSA) is 32.9 Å². The van der Waals surface area contributed by atoms with Crippen LogP contribution in [-0.4, -0.2) is 4.98 Å². The van der Waals surface area contributed by atoms with E-state index >= 15 is 0 Å². The maximum absolute atomic E-state index is 14.0. The number of H-pyrrole nitrogens is 1. The van der Waals surface area contributed by atoms with Crippen molar-refractivity contribution in [3.63, 3.8) is 0 Å². The van der Waals surface area contributed by atoms with Gasteiger partial charge in [-0.05, 0) is 42.5 Å². The van der Waals surface area contributed by atoms with Crippen LogP contribution in [0.3, 0.4) is 0 Å². The van der Waals surface area contributed by atoms with Gasteiger partial charge in [-0.15, -0.1) is 0 Å². The second kappa shape index (κ2) is 5.04.